The SMILES string of the molecule is CCC(C)N(C(=O)C(CO)NC(=O)OC(C)(C)C)C(C(=O)NCC(=O)OC)c1cccc(O)c1. The molecule has 0 saturated heterocycles. The summed E-state index contributed by atoms with van der Waals surface area (Å²) in [4.78, 5) is 51.7. The summed E-state index contributed by atoms with van der Waals surface area (Å²) in [6, 6.07) is 2.56. The molecule has 1 rings (SSSR count). The van der Waals surface area contributed by atoms with E-state index in [9.17, 15) is 29.4 Å². The van der Waals surface area contributed by atoms with E-state index in [4.69, 9.17) is 4.74 Å². The first-order valence-electron chi connectivity index (χ1n) is 10.9. The maximum atomic E-state index is 13.5. The van der Waals surface area contributed by atoms with Gasteiger partial charge in [-0.1, -0.05) is 19.1 Å². The molecule has 11 heteroatoms. The normalized spacial score (nSPS) is 13.7. The number of benzene rings is 1. The van der Waals surface area contributed by atoms with Gasteiger partial charge in [0.2, 0.25) is 11.8 Å². The van der Waals surface area contributed by atoms with Gasteiger partial charge in [-0.05, 0) is 51.8 Å². The van der Waals surface area contributed by atoms with Crippen molar-refractivity contribution in [3.8, 4) is 5.75 Å². The van der Waals surface area contributed by atoms with Crippen molar-refractivity contribution in [3.05, 3.63) is 29.8 Å². The van der Waals surface area contributed by atoms with Gasteiger partial charge in [0.1, 0.15) is 30.0 Å². The van der Waals surface area contributed by atoms with Gasteiger partial charge in [-0.15, -0.1) is 0 Å². The number of amides is 3. The Hall–Kier alpha value is -3.34. The molecule has 1 aromatic rings. The average Bonchev–Trinajstić information content (AvgIpc) is 2.76. The smallest absolute Gasteiger partial charge is 0.408 e. The molecule has 0 radical (unpaired) electrons. The highest BCUT2D eigenvalue weighted by molar-refractivity contribution is 5.93. The molecule has 0 spiro atoms. The number of carbonyl (C=O) groups is 4. The van der Waals surface area contributed by atoms with Crippen LogP contribution in [0.3, 0.4) is 0 Å². The number of carbonyl (C=O) groups excluding carboxylic acids is 4. The molecule has 0 heterocycles. The first kappa shape index (κ1) is 28.7. The van der Waals surface area contributed by atoms with Gasteiger partial charge in [0.05, 0.1) is 13.7 Å². The minimum atomic E-state index is -1.41. The lowest BCUT2D eigenvalue weighted by atomic mass is 9.99. The van der Waals surface area contributed by atoms with Crippen molar-refractivity contribution in [1.29, 1.82) is 0 Å². The summed E-state index contributed by atoms with van der Waals surface area (Å²) >= 11 is 0. The quantitative estimate of drug-likeness (QED) is 0.364. The van der Waals surface area contributed by atoms with Crippen LogP contribution in [0.2, 0.25) is 0 Å². The Balaban J connectivity index is 3.41. The van der Waals surface area contributed by atoms with Crippen molar-refractivity contribution in [2.75, 3.05) is 20.3 Å². The number of hydrogen-bond donors (Lipinski definition) is 4. The number of hydrogen-bond acceptors (Lipinski definition) is 8. The summed E-state index contributed by atoms with van der Waals surface area (Å²) in [5, 5.41) is 24.6. The second-order valence-corrected chi connectivity index (χ2v) is 8.68. The average molecular weight is 482 g/mol. The van der Waals surface area contributed by atoms with Crippen LogP contribution in [-0.4, -0.2) is 76.9 Å². The van der Waals surface area contributed by atoms with E-state index in [2.05, 4.69) is 15.4 Å². The van der Waals surface area contributed by atoms with Crippen molar-refractivity contribution < 1.29 is 38.9 Å². The van der Waals surface area contributed by atoms with Gasteiger partial charge in [-0.2, -0.15) is 0 Å². The molecule has 0 aliphatic rings. The molecule has 0 fully saturated rings. The van der Waals surface area contributed by atoms with E-state index >= 15 is 0 Å². The Morgan fingerprint density at radius 1 is 1.18 bits per heavy atom. The van der Waals surface area contributed by atoms with Gasteiger partial charge in [-0.25, -0.2) is 4.79 Å². The van der Waals surface area contributed by atoms with E-state index in [-0.39, 0.29) is 11.3 Å². The third-order valence-electron chi connectivity index (χ3n) is 4.84. The van der Waals surface area contributed by atoms with Gasteiger partial charge in [0.25, 0.3) is 0 Å². The molecule has 34 heavy (non-hydrogen) atoms. The van der Waals surface area contributed by atoms with Crippen LogP contribution >= 0.6 is 0 Å². The third-order valence-corrected chi connectivity index (χ3v) is 4.84. The molecular formula is C23H35N3O8. The first-order valence-corrected chi connectivity index (χ1v) is 10.9. The minimum Gasteiger partial charge on any atom is -0.508 e. The Morgan fingerprint density at radius 2 is 1.82 bits per heavy atom. The molecule has 0 aromatic heterocycles. The Labute approximate surface area is 199 Å². The highest BCUT2D eigenvalue weighted by Gasteiger charge is 2.38. The zero-order valence-electron chi connectivity index (χ0n) is 20.5. The van der Waals surface area contributed by atoms with Crippen LogP contribution in [0.1, 0.15) is 52.6 Å². The van der Waals surface area contributed by atoms with Crippen LogP contribution < -0.4 is 10.6 Å². The van der Waals surface area contributed by atoms with Crippen molar-refractivity contribution in [1.82, 2.24) is 15.5 Å². The number of aliphatic hydroxyl groups is 1. The van der Waals surface area contributed by atoms with Crippen LogP contribution in [0.5, 0.6) is 5.75 Å². The number of nitrogens with zero attached hydrogens (tertiary/aromatic N) is 1. The largest absolute Gasteiger partial charge is 0.508 e. The zero-order chi connectivity index (χ0) is 26.1. The van der Waals surface area contributed by atoms with E-state index in [1.54, 1.807) is 40.7 Å². The van der Waals surface area contributed by atoms with E-state index in [1.165, 1.54) is 30.2 Å². The number of aliphatic hydroxyl groups excluding tert-OH is 1. The number of aromatic hydroxyl groups is 1. The van der Waals surface area contributed by atoms with E-state index in [0.717, 1.165) is 0 Å². The number of phenolic OH excluding ortho intramolecular Hbond substituents is 1. The summed E-state index contributed by atoms with van der Waals surface area (Å²) in [6.07, 6.45) is -0.483. The topological polar surface area (TPSA) is 154 Å². The van der Waals surface area contributed by atoms with Gasteiger partial charge < -0.3 is 35.2 Å². The highest BCUT2D eigenvalue weighted by atomic mass is 16.6. The predicted molar refractivity (Wildman–Crippen MR) is 123 cm³/mol. The number of phenols is 1. The van der Waals surface area contributed by atoms with Gasteiger partial charge in [-0.3, -0.25) is 14.4 Å². The van der Waals surface area contributed by atoms with Gasteiger partial charge in [0, 0.05) is 6.04 Å². The second kappa shape index (κ2) is 12.8. The Kier molecular flexibility index (Phi) is 10.8. The maximum absolute atomic E-state index is 13.5. The lowest BCUT2D eigenvalue weighted by Crippen LogP contribution is -2.56. The van der Waals surface area contributed by atoms with Crippen LogP contribution in [-0.2, 0) is 23.9 Å². The number of alkyl carbamates (subject to hydrolysis) is 1. The van der Waals surface area contributed by atoms with Crippen molar-refractivity contribution in [3.63, 3.8) is 0 Å². The third kappa shape index (κ3) is 8.54. The van der Waals surface area contributed by atoms with Gasteiger partial charge in [0.15, 0.2) is 0 Å². The monoisotopic (exact) mass is 481 g/mol. The molecule has 1 aromatic carbocycles. The molecule has 0 bridgehead atoms. The van der Waals surface area contributed by atoms with Crippen LogP contribution in [0.4, 0.5) is 4.79 Å². The minimum absolute atomic E-state index is 0.134. The van der Waals surface area contributed by atoms with E-state index in [0.29, 0.717) is 6.42 Å². The molecule has 3 amide bonds. The van der Waals surface area contributed by atoms with Crippen molar-refractivity contribution in [2.24, 2.45) is 0 Å². The Morgan fingerprint density at radius 3 is 2.32 bits per heavy atom. The van der Waals surface area contributed by atoms with Crippen LogP contribution in [0.25, 0.3) is 0 Å². The molecule has 0 aliphatic heterocycles. The lowest BCUT2D eigenvalue weighted by molar-refractivity contribution is -0.147. The molecule has 4 N–H and O–H groups in total. The summed E-state index contributed by atoms with van der Waals surface area (Å²) in [7, 11) is 1.17. The number of ether oxygens (including phenoxy) is 2. The summed E-state index contributed by atoms with van der Waals surface area (Å²) in [6.45, 7) is 7.26. The molecule has 0 aliphatic carbocycles. The fourth-order valence-corrected chi connectivity index (χ4v) is 3.07. The van der Waals surface area contributed by atoms with Gasteiger partial charge >= 0.3 is 12.1 Å². The first-order chi connectivity index (χ1) is 15.8. The number of methoxy groups -OCH3 is 1. The fourth-order valence-electron chi connectivity index (χ4n) is 3.07. The Bertz CT molecular complexity index is 868. The summed E-state index contributed by atoms with van der Waals surface area (Å²) < 4.78 is 9.73. The fraction of sp³-hybridized carbons (Fsp3) is 0.565. The van der Waals surface area contributed by atoms with Crippen molar-refractivity contribution in [2.45, 2.75) is 64.8 Å². The van der Waals surface area contributed by atoms with Crippen LogP contribution in [0, 0.1) is 0 Å². The predicted octanol–water partition coefficient (Wildman–Crippen LogP) is 1.24. The summed E-state index contributed by atoms with van der Waals surface area (Å²) in [5.74, 6) is -2.28. The second-order valence-electron chi connectivity index (χ2n) is 8.68. The molecule has 3 atom stereocenters. The van der Waals surface area contributed by atoms with E-state index in [1.807, 2.05) is 0 Å². The van der Waals surface area contributed by atoms with Crippen molar-refractivity contribution >= 4 is 23.9 Å². The van der Waals surface area contributed by atoms with Crippen LogP contribution in [0.15, 0.2) is 24.3 Å². The standard InChI is InChI=1S/C23H35N3O8/c1-7-14(2)26(21(31)17(13-27)25-22(32)34-23(3,4)5)19(15-9-8-10-16(28)11-15)20(30)24-12-18(29)33-6/h8-11,14,17,19,27-28H,7,12-13H2,1-6H3,(H,24,30)(H,25,32). The number of esters is 1. The molecular weight excluding hydrogens is 446 g/mol. The number of rotatable bonds is 10. The molecule has 3 unspecified atom stereocenters. The zero-order valence-corrected chi connectivity index (χ0v) is 20.5. The molecule has 11 nitrogen and oxygen atoms in total. The number of nitrogens with one attached hydrogen (secondary N) is 2. The maximum Gasteiger partial charge on any atom is 0.408 e. The molecule has 190 valence electrons. The lowest BCUT2D eigenvalue weighted by Gasteiger charge is -2.37. The van der Waals surface area contributed by atoms with E-state index < -0.39 is 60.8 Å². The summed E-state index contributed by atoms with van der Waals surface area (Å²) in [5.41, 5.74) is -0.563. The highest BCUT2D eigenvalue weighted by Crippen LogP contribution is 2.28. The molecule has 0 saturated carbocycles.